The smallest absolute Gasteiger partial charge is 0.227 e. The first-order chi connectivity index (χ1) is 15.1. The molecule has 0 amide bonds. The Bertz CT molecular complexity index is 574. The summed E-state index contributed by atoms with van der Waals surface area (Å²) in [6, 6.07) is 0. The highest BCUT2D eigenvalue weighted by Gasteiger charge is 2.28. The number of methoxy groups -OCH3 is 1. The van der Waals surface area contributed by atoms with E-state index in [0.29, 0.717) is 6.42 Å². The van der Waals surface area contributed by atoms with Crippen LogP contribution in [-0.4, -0.2) is 23.8 Å². The van der Waals surface area contributed by atoms with Gasteiger partial charge in [0.25, 0.3) is 0 Å². The van der Waals surface area contributed by atoms with Crippen molar-refractivity contribution in [1.82, 2.24) is 0 Å². The van der Waals surface area contributed by atoms with Crippen LogP contribution >= 0.6 is 0 Å². The molecule has 1 aliphatic carbocycles. The minimum atomic E-state index is -0.533. The molecule has 0 heterocycles. The molecule has 0 bridgehead atoms. The van der Waals surface area contributed by atoms with Crippen molar-refractivity contribution in [1.29, 1.82) is 0 Å². The lowest BCUT2D eigenvalue weighted by Crippen LogP contribution is -2.20. The fourth-order valence-electron chi connectivity index (χ4n) is 4.24. The number of carbonyl (C=O) groups excluding carboxylic acids is 2. The van der Waals surface area contributed by atoms with Gasteiger partial charge in [0.2, 0.25) is 11.6 Å². The van der Waals surface area contributed by atoms with Crippen LogP contribution in [0.15, 0.2) is 23.2 Å². The quantitative estimate of drug-likeness (QED) is 0.156. The molecule has 0 saturated carbocycles. The second-order valence-electron chi connectivity index (χ2n) is 8.99. The van der Waals surface area contributed by atoms with Crippen molar-refractivity contribution in [2.75, 3.05) is 7.11 Å². The molecular formula is C27H46O4. The topological polar surface area (TPSA) is 63.6 Å². The number of allylic oxidation sites excluding steroid dienone is 2. The van der Waals surface area contributed by atoms with E-state index in [1.54, 1.807) is 0 Å². The maximum atomic E-state index is 12.2. The lowest BCUT2D eigenvalue weighted by Gasteiger charge is -2.14. The molecule has 0 radical (unpaired) electrons. The maximum absolute atomic E-state index is 12.2. The number of aliphatic hydroxyl groups excluding tert-OH is 1. The first-order valence-corrected chi connectivity index (χ1v) is 12.9. The van der Waals surface area contributed by atoms with Gasteiger partial charge in [0.15, 0.2) is 11.5 Å². The third-order valence-corrected chi connectivity index (χ3v) is 6.28. The molecule has 0 aromatic carbocycles. The van der Waals surface area contributed by atoms with Crippen LogP contribution in [0.25, 0.3) is 0 Å². The first-order valence-electron chi connectivity index (χ1n) is 12.9. The number of ether oxygens (including phenoxy) is 1. The number of hydrogen-bond donors (Lipinski definition) is 1. The number of Topliss-reactive ketones (excluding diaryl/α,β-unsaturated/α-hetero) is 1. The standard InChI is InChI=1S/C27H46O4/c1-3-4-5-6-7-8-9-10-11-12-13-14-15-16-17-18-19-20-21-23-26(29)24(28)22-25(31-2)27(23)30/h22,29H,3-21H2,1-2H3. The van der Waals surface area contributed by atoms with Gasteiger partial charge >= 0.3 is 0 Å². The summed E-state index contributed by atoms with van der Waals surface area (Å²) < 4.78 is 4.94. The van der Waals surface area contributed by atoms with Crippen molar-refractivity contribution in [2.24, 2.45) is 0 Å². The molecule has 0 atom stereocenters. The number of hydrogen-bond acceptors (Lipinski definition) is 4. The summed E-state index contributed by atoms with van der Waals surface area (Å²) in [7, 11) is 1.37. The van der Waals surface area contributed by atoms with Crippen molar-refractivity contribution in [3.05, 3.63) is 23.2 Å². The third kappa shape index (κ3) is 12.1. The molecule has 1 rings (SSSR count). The van der Waals surface area contributed by atoms with Crippen LogP contribution in [0.1, 0.15) is 129 Å². The van der Waals surface area contributed by atoms with Gasteiger partial charge in [-0.3, -0.25) is 9.59 Å². The Balaban J connectivity index is 1.89. The summed E-state index contributed by atoms with van der Waals surface area (Å²) in [5.74, 6) is -1.27. The van der Waals surface area contributed by atoms with E-state index < -0.39 is 11.5 Å². The van der Waals surface area contributed by atoms with Gasteiger partial charge in [-0.25, -0.2) is 0 Å². The van der Waals surface area contributed by atoms with E-state index in [1.807, 2.05) is 0 Å². The maximum Gasteiger partial charge on any atom is 0.227 e. The molecule has 0 aliphatic heterocycles. The van der Waals surface area contributed by atoms with Gasteiger partial charge in [-0.1, -0.05) is 116 Å². The fourth-order valence-corrected chi connectivity index (χ4v) is 4.24. The molecule has 0 aromatic heterocycles. The molecule has 0 unspecified atom stereocenters. The molecule has 4 heteroatoms. The van der Waals surface area contributed by atoms with Gasteiger partial charge in [-0.15, -0.1) is 0 Å². The summed E-state index contributed by atoms with van der Waals surface area (Å²) in [4.78, 5) is 23.9. The Morgan fingerprint density at radius 2 is 1.06 bits per heavy atom. The Morgan fingerprint density at radius 3 is 1.45 bits per heavy atom. The second kappa shape index (κ2) is 18.0. The highest BCUT2D eigenvalue weighted by Crippen LogP contribution is 2.23. The van der Waals surface area contributed by atoms with E-state index in [1.165, 1.54) is 103 Å². The Labute approximate surface area is 190 Å². The average molecular weight is 435 g/mol. The monoisotopic (exact) mass is 434 g/mol. The fraction of sp³-hybridized carbons (Fsp3) is 0.778. The SMILES string of the molecule is CCCCCCCCCCCCCCCCCCCCC1=C(O)C(=O)C=C(OC)C1=O. The molecular weight excluding hydrogens is 388 g/mol. The Kier molecular flexibility index (Phi) is 16.0. The molecule has 0 aromatic rings. The molecule has 1 N–H and O–H groups in total. The third-order valence-electron chi connectivity index (χ3n) is 6.28. The van der Waals surface area contributed by atoms with Crippen molar-refractivity contribution in [3.8, 4) is 0 Å². The molecule has 0 saturated heterocycles. The van der Waals surface area contributed by atoms with Crippen LogP contribution < -0.4 is 0 Å². The van der Waals surface area contributed by atoms with Gasteiger partial charge in [0, 0.05) is 11.6 Å². The van der Waals surface area contributed by atoms with Gasteiger partial charge in [-0.05, 0) is 12.8 Å². The van der Waals surface area contributed by atoms with E-state index in [2.05, 4.69) is 6.92 Å². The minimum absolute atomic E-state index is 0.0280. The molecule has 4 nitrogen and oxygen atoms in total. The van der Waals surface area contributed by atoms with E-state index in [-0.39, 0.29) is 17.1 Å². The van der Waals surface area contributed by atoms with E-state index in [4.69, 9.17) is 4.74 Å². The van der Waals surface area contributed by atoms with Gasteiger partial charge in [-0.2, -0.15) is 0 Å². The minimum Gasteiger partial charge on any atom is -0.504 e. The number of unbranched alkanes of at least 4 members (excludes halogenated alkanes) is 17. The van der Waals surface area contributed by atoms with Crippen LogP contribution in [0.4, 0.5) is 0 Å². The van der Waals surface area contributed by atoms with E-state index >= 15 is 0 Å². The Hall–Kier alpha value is -1.58. The highest BCUT2D eigenvalue weighted by atomic mass is 16.5. The van der Waals surface area contributed by atoms with Crippen LogP contribution in [0, 0.1) is 0 Å². The van der Waals surface area contributed by atoms with Crippen molar-refractivity contribution in [3.63, 3.8) is 0 Å². The lowest BCUT2D eigenvalue weighted by atomic mass is 9.94. The number of aliphatic hydroxyl groups is 1. The largest absolute Gasteiger partial charge is 0.504 e. The molecule has 0 fully saturated rings. The Morgan fingerprint density at radius 1 is 0.677 bits per heavy atom. The number of ketones is 2. The highest BCUT2D eigenvalue weighted by molar-refractivity contribution is 6.20. The van der Waals surface area contributed by atoms with Gasteiger partial charge in [0.1, 0.15) is 0 Å². The molecule has 31 heavy (non-hydrogen) atoms. The predicted octanol–water partition coefficient (Wildman–Crippen LogP) is 7.91. The second-order valence-corrected chi connectivity index (χ2v) is 8.99. The molecule has 178 valence electrons. The summed E-state index contributed by atoms with van der Waals surface area (Å²) in [6.07, 6.45) is 25.1. The summed E-state index contributed by atoms with van der Waals surface area (Å²) in [5, 5.41) is 9.87. The van der Waals surface area contributed by atoms with Gasteiger partial charge < -0.3 is 9.84 Å². The normalized spacial score (nSPS) is 14.3. The molecule has 1 aliphatic rings. The summed E-state index contributed by atoms with van der Waals surface area (Å²) >= 11 is 0. The lowest BCUT2D eigenvalue weighted by molar-refractivity contribution is -0.119. The zero-order valence-corrected chi connectivity index (χ0v) is 20.2. The van der Waals surface area contributed by atoms with Crippen LogP contribution in [0.5, 0.6) is 0 Å². The van der Waals surface area contributed by atoms with Crippen molar-refractivity contribution < 1.29 is 19.4 Å². The number of carbonyl (C=O) groups is 2. The number of rotatable bonds is 20. The first kappa shape index (κ1) is 27.5. The average Bonchev–Trinajstić information content (AvgIpc) is 2.77. The van der Waals surface area contributed by atoms with Gasteiger partial charge in [0.05, 0.1) is 7.11 Å². The summed E-state index contributed by atoms with van der Waals surface area (Å²) in [5.41, 5.74) is 0.209. The zero-order chi connectivity index (χ0) is 22.7. The van der Waals surface area contributed by atoms with E-state index in [0.717, 1.165) is 25.3 Å². The van der Waals surface area contributed by atoms with Crippen LogP contribution in [0.2, 0.25) is 0 Å². The van der Waals surface area contributed by atoms with Crippen LogP contribution in [0.3, 0.4) is 0 Å². The van der Waals surface area contributed by atoms with Crippen LogP contribution in [-0.2, 0) is 14.3 Å². The van der Waals surface area contributed by atoms with Crippen molar-refractivity contribution >= 4 is 11.6 Å². The summed E-state index contributed by atoms with van der Waals surface area (Å²) in [6.45, 7) is 2.27. The zero-order valence-electron chi connectivity index (χ0n) is 20.2. The van der Waals surface area contributed by atoms with E-state index in [9.17, 15) is 14.7 Å². The molecule has 0 spiro atoms. The van der Waals surface area contributed by atoms with Crippen molar-refractivity contribution in [2.45, 2.75) is 129 Å². The predicted molar refractivity (Wildman–Crippen MR) is 128 cm³/mol.